The van der Waals surface area contributed by atoms with E-state index in [2.05, 4.69) is 5.32 Å². The van der Waals surface area contributed by atoms with Gasteiger partial charge >= 0.3 is 0 Å². The van der Waals surface area contributed by atoms with E-state index in [0.29, 0.717) is 0 Å². The van der Waals surface area contributed by atoms with Gasteiger partial charge in [0.1, 0.15) is 0 Å². The van der Waals surface area contributed by atoms with E-state index in [1.165, 1.54) is 0 Å². The first-order valence-electron chi connectivity index (χ1n) is 4.56. The van der Waals surface area contributed by atoms with Crippen molar-refractivity contribution >= 4 is 0 Å². The summed E-state index contributed by atoms with van der Waals surface area (Å²) in [7, 11) is 1.91. The predicted octanol–water partition coefficient (Wildman–Crippen LogP) is 0.766. The Labute approximate surface area is 78.4 Å². The van der Waals surface area contributed by atoms with Gasteiger partial charge < -0.3 is 9.88 Å². The standard InChI is InChI=1S/C10H16N2O/c1-9-4-7-12(10(13)8-9)6-3-5-11-2/h4,7-8,11H,3,5-6H2,1-2H3. The Hall–Kier alpha value is -1.09. The van der Waals surface area contributed by atoms with Crippen molar-refractivity contribution in [3.63, 3.8) is 0 Å². The lowest BCUT2D eigenvalue weighted by Crippen LogP contribution is -2.21. The van der Waals surface area contributed by atoms with Gasteiger partial charge in [-0.3, -0.25) is 4.79 Å². The minimum absolute atomic E-state index is 0.0936. The highest BCUT2D eigenvalue weighted by Crippen LogP contribution is 1.91. The van der Waals surface area contributed by atoms with Crippen LogP contribution in [0, 0.1) is 6.92 Å². The molecule has 0 aliphatic rings. The minimum atomic E-state index is 0.0936. The maximum absolute atomic E-state index is 11.4. The smallest absolute Gasteiger partial charge is 0.250 e. The van der Waals surface area contributed by atoms with Gasteiger partial charge in [0.2, 0.25) is 0 Å². The van der Waals surface area contributed by atoms with Crippen LogP contribution < -0.4 is 10.9 Å². The Balaban J connectivity index is 2.62. The van der Waals surface area contributed by atoms with E-state index in [1.807, 2.05) is 26.2 Å². The second-order valence-electron chi connectivity index (χ2n) is 3.19. The Morgan fingerprint density at radius 2 is 2.31 bits per heavy atom. The van der Waals surface area contributed by atoms with Crippen molar-refractivity contribution in [2.45, 2.75) is 19.9 Å². The lowest BCUT2D eigenvalue weighted by Gasteiger charge is -2.04. The lowest BCUT2D eigenvalue weighted by atomic mass is 10.3. The summed E-state index contributed by atoms with van der Waals surface area (Å²) in [5.74, 6) is 0. The number of hydrogen-bond donors (Lipinski definition) is 1. The number of nitrogens with zero attached hydrogens (tertiary/aromatic N) is 1. The molecule has 0 radical (unpaired) electrons. The van der Waals surface area contributed by atoms with Gasteiger partial charge in [-0.15, -0.1) is 0 Å². The third-order valence-corrected chi connectivity index (χ3v) is 1.98. The molecule has 0 spiro atoms. The zero-order valence-corrected chi connectivity index (χ0v) is 8.21. The summed E-state index contributed by atoms with van der Waals surface area (Å²) in [4.78, 5) is 11.4. The molecule has 1 N–H and O–H groups in total. The molecule has 13 heavy (non-hydrogen) atoms. The highest BCUT2D eigenvalue weighted by atomic mass is 16.1. The van der Waals surface area contributed by atoms with E-state index < -0.39 is 0 Å². The molecule has 0 aromatic carbocycles. The molecule has 0 saturated carbocycles. The zero-order chi connectivity index (χ0) is 9.68. The van der Waals surface area contributed by atoms with Crippen LogP contribution in [0.15, 0.2) is 23.1 Å². The first-order valence-corrected chi connectivity index (χ1v) is 4.56. The van der Waals surface area contributed by atoms with Gasteiger partial charge in [-0.2, -0.15) is 0 Å². The van der Waals surface area contributed by atoms with E-state index in [9.17, 15) is 4.79 Å². The maximum atomic E-state index is 11.4. The molecule has 0 fully saturated rings. The Morgan fingerprint density at radius 1 is 1.54 bits per heavy atom. The summed E-state index contributed by atoms with van der Waals surface area (Å²) >= 11 is 0. The quantitative estimate of drug-likeness (QED) is 0.694. The summed E-state index contributed by atoms with van der Waals surface area (Å²) in [5.41, 5.74) is 1.12. The van der Waals surface area contributed by atoms with Crippen molar-refractivity contribution in [2.75, 3.05) is 13.6 Å². The van der Waals surface area contributed by atoms with Gasteiger partial charge in [0.05, 0.1) is 0 Å². The molecule has 1 heterocycles. The second kappa shape index (κ2) is 4.82. The number of pyridine rings is 1. The molecule has 0 amide bonds. The molecule has 0 atom stereocenters. The van der Waals surface area contributed by atoms with Gasteiger partial charge in [-0.25, -0.2) is 0 Å². The van der Waals surface area contributed by atoms with Crippen LogP contribution in [0.2, 0.25) is 0 Å². The summed E-state index contributed by atoms with van der Waals surface area (Å²) < 4.78 is 1.74. The number of nitrogens with one attached hydrogen (secondary N) is 1. The summed E-state index contributed by atoms with van der Waals surface area (Å²) in [5, 5.41) is 3.05. The topological polar surface area (TPSA) is 34.0 Å². The van der Waals surface area contributed by atoms with E-state index in [1.54, 1.807) is 10.6 Å². The van der Waals surface area contributed by atoms with Gasteiger partial charge in [-0.1, -0.05) is 0 Å². The number of rotatable bonds is 4. The normalized spacial score (nSPS) is 10.3. The largest absolute Gasteiger partial charge is 0.320 e. The molecule has 0 bridgehead atoms. The first-order chi connectivity index (χ1) is 6.24. The molecule has 72 valence electrons. The van der Waals surface area contributed by atoms with Crippen molar-refractivity contribution in [1.82, 2.24) is 9.88 Å². The van der Waals surface area contributed by atoms with Crippen molar-refractivity contribution in [3.05, 3.63) is 34.2 Å². The van der Waals surface area contributed by atoms with Gasteiger partial charge in [0.25, 0.3) is 5.56 Å². The minimum Gasteiger partial charge on any atom is -0.320 e. The molecule has 1 aromatic heterocycles. The number of aryl methyl sites for hydroxylation is 2. The fraction of sp³-hybridized carbons (Fsp3) is 0.500. The maximum Gasteiger partial charge on any atom is 0.250 e. The summed E-state index contributed by atoms with van der Waals surface area (Å²) in [6.07, 6.45) is 2.84. The first kappa shape index (κ1) is 9.99. The van der Waals surface area contributed by atoms with E-state index in [-0.39, 0.29) is 5.56 Å². The van der Waals surface area contributed by atoms with Crippen LogP contribution in [0.25, 0.3) is 0 Å². The molecule has 1 rings (SSSR count). The highest BCUT2D eigenvalue weighted by molar-refractivity contribution is 5.07. The molecule has 0 saturated heterocycles. The number of aromatic nitrogens is 1. The van der Waals surface area contributed by atoms with Crippen LogP contribution >= 0.6 is 0 Å². The molecule has 0 aliphatic heterocycles. The van der Waals surface area contributed by atoms with Crippen molar-refractivity contribution < 1.29 is 0 Å². The molecule has 0 aliphatic carbocycles. The van der Waals surface area contributed by atoms with Gasteiger partial charge in [-0.05, 0) is 38.6 Å². The van der Waals surface area contributed by atoms with Crippen LogP contribution in [0.1, 0.15) is 12.0 Å². The fourth-order valence-electron chi connectivity index (χ4n) is 1.22. The summed E-state index contributed by atoms with van der Waals surface area (Å²) in [6.45, 7) is 3.67. The second-order valence-corrected chi connectivity index (χ2v) is 3.19. The SMILES string of the molecule is CNCCCn1ccc(C)cc1=O. The van der Waals surface area contributed by atoms with E-state index in [0.717, 1.165) is 25.1 Å². The summed E-state index contributed by atoms with van der Waals surface area (Å²) in [6, 6.07) is 3.63. The average Bonchev–Trinajstić information content (AvgIpc) is 2.09. The predicted molar refractivity (Wildman–Crippen MR) is 54.0 cm³/mol. The van der Waals surface area contributed by atoms with Crippen LogP contribution in [0.4, 0.5) is 0 Å². The van der Waals surface area contributed by atoms with E-state index >= 15 is 0 Å². The van der Waals surface area contributed by atoms with E-state index in [4.69, 9.17) is 0 Å². The average molecular weight is 180 g/mol. The fourth-order valence-corrected chi connectivity index (χ4v) is 1.22. The monoisotopic (exact) mass is 180 g/mol. The molecule has 1 aromatic rings. The van der Waals surface area contributed by atoms with Gasteiger partial charge in [0, 0.05) is 18.8 Å². The highest BCUT2D eigenvalue weighted by Gasteiger charge is 1.94. The van der Waals surface area contributed by atoms with Crippen molar-refractivity contribution in [1.29, 1.82) is 0 Å². The van der Waals surface area contributed by atoms with Crippen LogP contribution in [0.5, 0.6) is 0 Å². The number of hydrogen-bond acceptors (Lipinski definition) is 2. The van der Waals surface area contributed by atoms with Crippen LogP contribution in [-0.4, -0.2) is 18.2 Å². The van der Waals surface area contributed by atoms with Crippen LogP contribution in [0.3, 0.4) is 0 Å². The Morgan fingerprint density at radius 3 is 2.92 bits per heavy atom. The molecular weight excluding hydrogens is 164 g/mol. The molecule has 0 unspecified atom stereocenters. The Bertz CT molecular complexity index is 317. The Kier molecular flexibility index (Phi) is 3.71. The third-order valence-electron chi connectivity index (χ3n) is 1.98. The molecular formula is C10H16N2O. The molecule has 3 heteroatoms. The van der Waals surface area contributed by atoms with Gasteiger partial charge in [0.15, 0.2) is 0 Å². The zero-order valence-electron chi connectivity index (χ0n) is 8.21. The van der Waals surface area contributed by atoms with Crippen molar-refractivity contribution in [2.24, 2.45) is 0 Å². The van der Waals surface area contributed by atoms with Crippen molar-refractivity contribution in [3.8, 4) is 0 Å². The van der Waals surface area contributed by atoms with Crippen LogP contribution in [-0.2, 0) is 6.54 Å². The lowest BCUT2D eigenvalue weighted by molar-refractivity contribution is 0.597. The third kappa shape index (κ3) is 3.03. The molecule has 3 nitrogen and oxygen atoms in total.